The summed E-state index contributed by atoms with van der Waals surface area (Å²) >= 11 is 0. The number of allylic oxidation sites excluding steroid dienone is 4. The van der Waals surface area contributed by atoms with Crippen LogP contribution < -0.4 is 11.1 Å². The largest absolute Gasteiger partial charge is 0.391 e. The molecule has 1 fully saturated rings. The quantitative estimate of drug-likeness (QED) is 0.428. The molecule has 0 aromatic rings. The molecule has 21 heavy (non-hydrogen) atoms. The Kier molecular flexibility index (Phi) is 10.5. The van der Waals surface area contributed by atoms with Crippen LogP contribution in [-0.4, -0.2) is 29.8 Å². The summed E-state index contributed by atoms with van der Waals surface area (Å²) in [5.74, 6) is 0. The smallest absolute Gasteiger partial charge is 0.0718 e. The molecule has 0 aliphatic carbocycles. The molecule has 3 heteroatoms. The van der Waals surface area contributed by atoms with Crippen LogP contribution in [0.1, 0.15) is 64.7 Å². The highest BCUT2D eigenvalue weighted by molar-refractivity contribution is 5.02. The van der Waals surface area contributed by atoms with Crippen molar-refractivity contribution in [3.8, 4) is 0 Å². The van der Waals surface area contributed by atoms with Crippen LogP contribution in [-0.2, 0) is 0 Å². The summed E-state index contributed by atoms with van der Waals surface area (Å²) in [7, 11) is 0. The first-order chi connectivity index (χ1) is 10.2. The standard InChI is InChI=1S/C18H34N2O/c1-2-3-4-5-6-7-8-9-10-11-12-13-16-14-18(21)17(19)15-20-16/h5-8,16-18,20-21H,2-4,9-15,19H2,1H3. The number of aliphatic hydroxyl groups is 1. The van der Waals surface area contributed by atoms with Gasteiger partial charge in [0.05, 0.1) is 6.10 Å². The van der Waals surface area contributed by atoms with Crippen LogP contribution in [0.4, 0.5) is 0 Å². The Morgan fingerprint density at radius 1 is 1.10 bits per heavy atom. The van der Waals surface area contributed by atoms with Crippen molar-refractivity contribution in [3.05, 3.63) is 24.3 Å². The molecule has 1 saturated heterocycles. The van der Waals surface area contributed by atoms with Gasteiger partial charge < -0.3 is 16.2 Å². The summed E-state index contributed by atoms with van der Waals surface area (Å²) in [5, 5.41) is 13.2. The Bertz CT molecular complexity index is 302. The zero-order valence-corrected chi connectivity index (χ0v) is 13.6. The van der Waals surface area contributed by atoms with Crippen molar-refractivity contribution in [2.45, 2.75) is 82.9 Å². The molecular weight excluding hydrogens is 260 g/mol. The van der Waals surface area contributed by atoms with Crippen LogP contribution in [0.2, 0.25) is 0 Å². The predicted molar refractivity (Wildman–Crippen MR) is 91.3 cm³/mol. The highest BCUT2D eigenvalue weighted by atomic mass is 16.3. The first-order valence-corrected chi connectivity index (χ1v) is 8.72. The molecule has 1 aliphatic heterocycles. The minimum atomic E-state index is -0.321. The third kappa shape index (κ3) is 9.07. The Hall–Kier alpha value is -0.640. The summed E-state index contributed by atoms with van der Waals surface area (Å²) in [6.45, 7) is 2.97. The molecule has 0 spiro atoms. The molecule has 3 nitrogen and oxygen atoms in total. The molecule has 0 bridgehead atoms. The van der Waals surface area contributed by atoms with Gasteiger partial charge in [0, 0.05) is 18.6 Å². The normalized spacial score (nSPS) is 26.9. The molecule has 0 aromatic heterocycles. The molecule has 0 saturated carbocycles. The minimum absolute atomic E-state index is 0.0863. The minimum Gasteiger partial charge on any atom is -0.391 e. The van der Waals surface area contributed by atoms with E-state index in [1.807, 2.05) is 0 Å². The first-order valence-electron chi connectivity index (χ1n) is 8.72. The molecule has 0 amide bonds. The van der Waals surface area contributed by atoms with Crippen LogP contribution in [0.3, 0.4) is 0 Å². The molecule has 0 aromatic carbocycles. The summed E-state index contributed by atoms with van der Waals surface area (Å²) in [6.07, 6.45) is 19.2. The van der Waals surface area contributed by atoms with E-state index >= 15 is 0 Å². The summed E-state index contributed by atoms with van der Waals surface area (Å²) in [6, 6.07) is 0.369. The second-order valence-corrected chi connectivity index (χ2v) is 6.21. The molecule has 1 heterocycles. The lowest BCUT2D eigenvalue weighted by Crippen LogP contribution is -2.53. The van der Waals surface area contributed by atoms with Gasteiger partial charge in [0.15, 0.2) is 0 Å². The molecule has 3 atom stereocenters. The fraction of sp³-hybridized carbons (Fsp3) is 0.778. The van der Waals surface area contributed by atoms with Crippen molar-refractivity contribution in [2.24, 2.45) is 5.73 Å². The number of nitrogens with two attached hydrogens (primary N) is 1. The second-order valence-electron chi connectivity index (χ2n) is 6.21. The number of piperidine rings is 1. The summed E-state index contributed by atoms with van der Waals surface area (Å²) < 4.78 is 0. The van der Waals surface area contributed by atoms with E-state index in [2.05, 4.69) is 36.5 Å². The van der Waals surface area contributed by atoms with Gasteiger partial charge >= 0.3 is 0 Å². The topological polar surface area (TPSA) is 58.3 Å². The van der Waals surface area contributed by atoms with E-state index < -0.39 is 0 Å². The van der Waals surface area contributed by atoms with E-state index in [9.17, 15) is 5.11 Å². The summed E-state index contributed by atoms with van der Waals surface area (Å²) in [5.41, 5.74) is 5.78. The number of nitrogens with one attached hydrogen (secondary N) is 1. The third-order valence-electron chi connectivity index (χ3n) is 4.19. The first kappa shape index (κ1) is 18.4. The number of aliphatic hydroxyl groups excluding tert-OH is 1. The van der Waals surface area contributed by atoms with Crippen LogP contribution in [0.25, 0.3) is 0 Å². The van der Waals surface area contributed by atoms with E-state index in [0.717, 1.165) is 19.4 Å². The fourth-order valence-corrected chi connectivity index (χ4v) is 2.71. The van der Waals surface area contributed by atoms with E-state index in [-0.39, 0.29) is 12.1 Å². The van der Waals surface area contributed by atoms with Crippen molar-refractivity contribution < 1.29 is 5.11 Å². The molecule has 4 N–H and O–H groups in total. The maximum Gasteiger partial charge on any atom is 0.0718 e. The van der Waals surface area contributed by atoms with Gasteiger partial charge in [-0.1, -0.05) is 56.9 Å². The Balaban J connectivity index is 1.93. The fourth-order valence-electron chi connectivity index (χ4n) is 2.71. The van der Waals surface area contributed by atoms with Gasteiger partial charge in [0.1, 0.15) is 0 Å². The van der Waals surface area contributed by atoms with Crippen LogP contribution in [0, 0.1) is 0 Å². The van der Waals surface area contributed by atoms with E-state index in [1.165, 1.54) is 44.9 Å². The second kappa shape index (κ2) is 12.0. The lowest BCUT2D eigenvalue weighted by Gasteiger charge is -2.32. The molecule has 0 radical (unpaired) electrons. The lowest BCUT2D eigenvalue weighted by atomic mass is 9.94. The van der Waals surface area contributed by atoms with E-state index in [1.54, 1.807) is 0 Å². The van der Waals surface area contributed by atoms with Gasteiger partial charge in [-0.3, -0.25) is 0 Å². The maximum absolute atomic E-state index is 9.74. The highest BCUT2D eigenvalue weighted by Gasteiger charge is 2.25. The van der Waals surface area contributed by atoms with Crippen molar-refractivity contribution in [3.63, 3.8) is 0 Å². The molecule has 1 rings (SSSR count). The van der Waals surface area contributed by atoms with Gasteiger partial charge in [-0.2, -0.15) is 0 Å². The van der Waals surface area contributed by atoms with Gasteiger partial charge in [-0.05, 0) is 32.1 Å². The number of unbranched alkanes of at least 4 members (excludes halogenated alkanes) is 5. The van der Waals surface area contributed by atoms with Gasteiger partial charge in [0.2, 0.25) is 0 Å². The van der Waals surface area contributed by atoms with Crippen LogP contribution >= 0.6 is 0 Å². The average molecular weight is 294 g/mol. The number of hydrogen-bond donors (Lipinski definition) is 3. The predicted octanol–water partition coefficient (Wildman–Crippen LogP) is 3.29. The number of hydrogen-bond acceptors (Lipinski definition) is 3. The third-order valence-corrected chi connectivity index (χ3v) is 4.19. The Labute approximate surface area is 130 Å². The molecule has 3 unspecified atom stereocenters. The SMILES string of the molecule is CCCCC=CC=CCCCCCC1CC(O)C(N)CN1. The van der Waals surface area contributed by atoms with Gasteiger partial charge in [-0.15, -0.1) is 0 Å². The zero-order chi connectivity index (χ0) is 15.3. The molecule has 122 valence electrons. The van der Waals surface area contributed by atoms with Gasteiger partial charge in [-0.25, -0.2) is 0 Å². The molecular formula is C18H34N2O. The van der Waals surface area contributed by atoms with E-state index in [4.69, 9.17) is 5.73 Å². The average Bonchev–Trinajstić information content (AvgIpc) is 2.48. The zero-order valence-electron chi connectivity index (χ0n) is 13.6. The van der Waals surface area contributed by atoms with Crippen LogP contribution in [0.15, 0.2) is 24.3 Å². The van der Waals surface area contributed by atoms with Crippen molar-refractivity contribution in [1.29, 1.82) is 0 Å². The maximum atomic E-state index is 9.74. The summed E-state index contributed by atoms with van der Waals surface area (Å²) in [4.78, 5) is 0. The van der Waals surface area contributed by atoms with Gasteiger partial charge in [0.25, 0.3) is 0 Å². The highest BCUT2D eigenvalue weighted by Crippen LogP contribution is 2.14. The Morgan fingerprint density at radius 2 is 1.81 bits per heavy atom. The van der Waals surface area contributed by atoms with Crippen molar-refractivity contribution >= 4 is 0 Å². The Morgan fingerprint density at radius 3 is 2.48 bits per heavy atom. The van der Waals surface area contributed by atoms with E-state index in [0.29, 0.717) is 6.04 Å². The number of rotatable bonds is 10. The van der Waals surface area contributed by atoms with Crippen molar-refractivity contribution in [1.82, 2.24) is 5.32 Å². The molecule has 1 aliphatic rings. The van der Waals surface area contributed by atoms with Crippen molar-refractivity contribution in [2.75, 3.05) is 6.54 Å². The lowest BCUT2D eigenvalue weighted by molar-refractivity contribution is 0.0936. The van der Waals surface area contributed by atoms with Crippen LogP contribution in [0.5, 0.6) is 0 Å². The monoisotopic (exact) mass is 294 g/mol.